The molecule has 6 heteroatoms. The van der Waals surface area contributed by atoms with Crippen LogP contribution in [0.5, 0.6) is 5.88 Å². The molecular formula is C9H12N4OS. The van der Waals surface area contributed by atoms with Gasteiger partial charge in [-0.15, -0.1) is 0 Å². The molecule has 0 unspecified atom stereocenters. The number of hydrogen-bond acceptors (Lipinski definition) is 6. The van der Waals surface area contributed by atoms with Crippen molar-refractivity contribution in [3.8, 4) is 5.88 Å². The number of nitrogens with two attached hydrogens (primary N) is 1. The van der Waals surface area contributed by atoms with Gasteiger partial charge in [-0.05, 0) is 13.1 Å². The minimum Gasteiger partial charge on any atom is -0.474 e. The van der Waals surface area contributed by atoms with Crippen LogP contribution >= 0.6 is 12.1 Å². The van der Waals surface area contributed by atoms with Crippen LogP contribution in [0, 0.1) is 0 Å². The second-order valence-corrected chi connectivity index (χ2v) is 4.96. The fourth-order valence-electron chi connectivity index (χ4n) is 1.88. The first-order chi connectivity index (χ1) is 7.24. The van der Waals surface area contributed by atoms with Crippen LogP contribution < -0.4 is 14.8 Å². The number of ether oxygens (including phenoxy) is 1. The molecule has 80 valence electrons. The lowest BCUT2D eigenvalue weighted by atomic mass is 10.2. The fraction of sp³-hybridized carbons (Fsp3) is 0.444. The summed E-state index contributed by atoms with van der Waals surface area (Å²) >= 11 is 1.69. The van der Waals surface area contributed by atoms with Gasteiger partial charge in [-0.25, -0.2) is 9.29 Å². The smallest absolute Gasteiger partial charge is 0.238 e. The van der Waals surface area contributed by atoms with Gasteiger partial charge in [0.05, 0.1) is 17.9 Å². The van der Waals surface area contributed by atoms with Gasteiger partial charge in [0.25, 0.3) is 0 Å². The Kier molecular flexibility index (Phi) is 1.93. The lowest BCUT2D eigenvalue weighted by Gasteiger charge is -2.29. The van der Waals surface area contributed by atoms with E-state index in [-0.39, 0.29) is 0 Å². The predicted octanol–water partition coefficient (Wildman–Crippen LogP) is 0.740. The molecular weight excluding hydrogens is 212 g/mol. The van der Waals surface area contributed by atoms with E-state index in [0.29, 0.717) is 24.2 Å². The molecule has 1 fully saturated rings. The van der Waals surface area contributed by atoms with Crippen molar-refractivity contribution in [2.24, 2.45) is 0 Å². The molecule has 2 N–H and O–H groups in total. The van der Waals surface area contributed by atoms with Crippen molar-refractivity contribution in [3.05, 3.63) is 12.3 Å². The average Bonchev–Trinajstić information content (AvgIpc) is 2.58. The number of anilines is 2. The van der Waals surface area contributed by atoms with Crippen molar-refractivity contribution < 1.29 is 4.74 Å². The Morgan fingerprint density at radius 2 is 2.53 bits per heavy atom. The van der Waals surface area contributed by atoms with Gasteiger partial charge >= 0.3 is 0 Å². The van der Waals surface area contributed by atoms with Crippen molar-refractivity contribution in [3.63, 3.8) is 0 Å². The Hall–Kier alpha value is -1.14. The molecule has 1 aromatic rings. The van der Waals surface area contributed by atoms with Gasteiger partial charge in [0.1, 0.15) is 12.3 Å². The number of fused-ring (bicyclic) bond motifs is 3. The molecule has 0 amide bonds. The van der Waals surface area contributed by atoms with Crippen molar-refractivity contribution in [2.75, 3.05) is 30.2 Å². The van der Waals surface area contributed by atoms with Gasteiger partial charge in [-0.2, -0.15) is 0 Å². The van der Waals surface area contributed by atoms with Crippen LogP contribution in [0.4, 0.5) is 11.4 Å². The van der Waals surface area contributed by atoms with E-state index in [1.54, 1.807) is 18.3 Å². The highest BCUT2D eigenvalue weighted by Crippen LogP contribution is 2.41. The number of pyridine rings is 1. The van der Waals surface area contributed by atoms with Crippen molar-refractivity contribution in [1.29, 1.82) is 0 Å². The number of hydrogen-bond donors (Lipinski definition) is 1. The monoisotopic (exact) mass is 224 g/mol. The molecule has 0 aromatic carbocycles. The number of aromatic nitrogens is 1. The van der Waals surface area contributed by atoms with Crippen molar-refractivity contribution >= 4 is 23.5 Å². The van der Waals surface area contributed by atoms with Crippen LogP contribution in [-0.4, -0.2) is 35.5 Å². The standard InChI is InChI=1S/C9H12N4OS/c1-12-4-7-5-14-9-8(13(7)15-12)2-6(10)3-11-9/h2-3,7H,4-5,10H2,1H3/t7-/m0/s1. The summed E-state index contributed by atoms with van der Waals surface area (Å²) in [4.78, 5) is 4.18. The zero-order valence-corrected chi connectivity index (χ0v) is 9.20. The summed E-state index contributed by atoms with van der Waals surface area (Å²) in [6.07, 6.45) is 1.63. The summed E-state index contributed by atoms with van der Waals surface area (Å²) in [7, 11) is 2.07. The van der Waals surface area contributed by atoms with E-state index in [1.807, 2.05) is 6.07 Å². The molecule has 15 heavy (non-hydrogen) atoms. The van der Waals surface area contributed by atoms with E-state index >= 15 is 0 Å². The fourth-order valence-corrected chi connectivity index (χ4v) is 2.90. The van der Waals surface area contributed by atoms with E-state index in [9.17, 15) is 0 Å². The minimum absolute atomic E-state index is 0.399. The first-order valence-electron chi connectivity index (χ1n) is 4.81. The van der Waals surface area contributed by atoms with Gasteiger partial charge in [0.15, 0.2) is 0 Å². The lowest BCUT2D eigenvalue weighted by Crippen LogP contribution is -2.37. The molecule has 5 nitrogen and oxygen atoms in total. The van der Waals surface area contributed by atoms with E-state index in [1.165, 1.54) is 0 Å². The summed E-state index contributed by atoms with van der Waals surface area (Å²) in [5.74, 6) is 0.684. The molecule has 0 radical (unpaired) electrons. The Labute approximate surface area is 92.5 Å². The highest BCUT2D eigenvalue weighted by atomic mass is 32.2. The van der Waals surface area contributed by atoms with Crippen molar-refractivity contribution in [2.45, 2.75) is 6.04 Å². The first-order valence-corrected chi connectivity index (χ1v) is 5.54. The topological polar surface area (TPSA) is 54.6 Å². The van der Waals surface area contributed by atoms with E-state index < -0.39 is 0 Å². The number of nitrogens with zero attached hydrogens (tertiary/aromatic N) is 3. The van der Waals surface area contributed by atoms with E-state index in [0.717, 1.165) is 12.2 Å². The summed E-state index contributed by atoms with van der Waals surface area (Å²) in [5.41, 5.74) is 7.39. The third-order valence-electron chi connectivity index (χ3n) is 2.53. The maximum Gasteiger partial charge on any atom is 0.238 e. The van der Waals surface area contributed by atoms with Gasteiger partial charge < -0.3 is 10.5 Å². The molecule has 3 heterocycles. The third kappa shape index (κ3) is 1.40. The van der Waals surface area contributed by atoms with E-state index in [4.69, 9.17) is 10.5 Å². The quantitative estimate of drug-likeness (QED) is 0.656. The van der Waals surface area contributed by atoms with Gasteiger partial charge in [0.2, 0.25) is 5.88 Å². The molecule has 1 saturated heterocycles. The summed E-state index contributed by atoms with van der Waals surface area (Å²) in [5, 5.41) is 0. The largest absolute Gasteiger partial charge is 0.474 e. The first kappa shape index (κ1) is 9.11. The number of rotatable bonds is 0. The normalized spacial score (nSPS) is 24.6. The van der Waals surface area contributed by atoms with Crippen LogP contribution in [0.1, 0.15) is 0 Å². The predicted molar refractivity (Wildman–Crippen MR) is 60.6 cm³/mol. The van der Waals surface area contributed by atoms with Crippen molar-refractivity contribution in [1.82, 2.24) is 9.29 Å². The third-order valence-corrected chi connectivity index (χ3v) is 3.63. The maximum absolute atomic E-state index is 5.73. The van der Waals surface area contributed by atoms with Crippen LogP contribution in [0.2, 0.25) is 0 Å². The molecule has 0 saturated carbocycles. The van der Waals surface area contributed by atoms with Crippen LogP contribution in [0.15, 0.2) is 12.3 Å². The zero-order valence-electron chi connectivity index (χ0n) is 8.38. The van der Waals surface area contributed by atoms with Crippen LogP contribution in [0.3, 0.4) is 0 Å². The summed E-state index contributed by atoms with van der Waals surface area (Å²) in [6.45, 7) is 1.69. The lowest BCUT2D eigenvalue weighted by molar-refractivity contribution is 0.261. The molecule has 1 aromatic heterocycles. The average molecular weight is 224 g/mol. The molecule has 0 bridgehead atoms. The molecule has 0 spiro atoms. The Bertz CT molecular complexity index is 400. The maximum atomic E-state index is 5.73. The molecule has 3 rings (SSSR count). The number of likely N-dealkylation sites (N-methyl/N-ethyl adjacent to an activating group) is 1. The second kappa shape index (κ2) is 3.18. The van der Waals surface area contributed by atoms with Gasteiger partial charge in [-0.1, -0.05) is 0 Å². The van der Waals surface area contributed by atoms with E-state index in [2.05, 4.69) is 20.6 Å². The highest BCUT2D eigenvalue weighted by molar-refractivity contribution is 7.98. The molecule has 2 aliphatic rings. The van der Waals surface area contributed by atoms with Crippen LogP contribution in [0.25, 0.3) is 0 Å². The summed E-state index contributed by atoms with van der Waals surface area (Å²) < 4.78 is 10.0. The SMILES string of the molecule is CN1C[C@H]2COc3ncc(N)cc3N2S1. The Morgan fingerprint density at radius 3 is 3.40 bits per heavy atom. The molecule has 1 atom stereocenters. The number of nitrogen functional groups attached to an aromatic ring is 1. The summed E-state index contributed by atoms with van der Waals surface area (Å²) in [6, 6.07) is 2.32. The zero-order chi connectivity index (χ0) is 10.4. The highest BCUT2D eigenvalue weighted by Gasteiger charge is 2.36. The van der Waals surface area contributed by atoms with Gasteiger partial charge in [0, 0.05) is 18.7 Å². The molecule has 0 aliphatic carbocycles. The second-order valence-electron chi connectivity index (χ2n) is 3.78. The minimum atomic E-state index is 0.399. The van der Waals surface area contributed by atoms with Gasteiger partial charge in [-0.3, -0.25) is 4.31 Å². The Morgan fingerprint density at radius 1 is 1.67 bits per heavy atom. The molecule has 2 aliphatic heterocycles. The Balaban J connectivity index is 2.03. The van der Waals surface area contributed by atoms with Crippen LogP contribution in [-0.2, 0) is 0 Å².